The fourth-order valence-electron chi connectivity index (χ4n) is 2.38. The van der Waals surface area contributed by atoms with Crippen LogP contribution >= 0.6 is 11.6 Å². The molecule has 0 aliphatic rings. The van der Waals surface area contributed by atoms with E-state index in [1.54, 1.807) is 24.4 Å². The summed E-state index contributed by atoms with van der Waals surface area (Å²) in [5.74, 6) is 0.217. The summed E-state index contributed by atoms with van der Waals surface area (Å²) in [6.45, 7) is 4.08. The van der Waals surface area contributed by atoms with E-state index in [1.807, 2.05) is 38.1 Å². The van der Waals surface area contributed by atoms with E-state index in [4.69, 9.17) is 15.8 Å². The zero-order chi connectivity index (χ0) is 19.4. The summed E-state index contributed by atoms with van der Waals surface area (Å²) in [6.07, 6.45) is 1.67. The van der Waals surface area contributed by atoms with Crippen molar-refractivity contribution in [3.8, 4) is 5.75 Å². The van der Waals surface area contributed by atoms with Crippen molar-refractivity contribution >= 4 is 33.6 Å². The molecule has 0 spiro atoms. The second-order valence-electron chi connectivity index (χ2n) is 6.09. The third-order valence-corrected chi connectivity index (χ3v) is 5.53. The van der Waals surface area contributed by atoms with Gasteiger partial charge in [-0.1, -0.05) is 29.8 Å². The normalized spacial score (nSPS) is 11.7. The molecule has 0 saturated carbocycles. The second kappa shape index (κ2) is 7.94. The Labute approximate surface area is 164 Å². The van der Waals surface area contributed by atoms with Gasteiger partial charge in [-0.05, 0) is 79.1 Å². The molecule has 0 radical (unpaired) electrons. The van der Waals surface area contributed by atoms with Crippen LogP contribution in [0.3, 0.4) is 0 Å². The molecule has 0 amide bonds. The Kier molecular flexibility index (Phi) is 5.63. The van der Waals surface area contributed by atoms with Crippen LogP contribution in [0.15, 0.2) is 76.6 Å². The number of aryl methyl sites for hydroxylation is 2. The monoisotopic (exact) mass is 399 g/mol. The van der Waals surface area contributed by atoms with Crippen LogP contribution in [-0.4, -0.2) is 14.6 Å². The van der Waals surface area contributed by atoms with Gasteiger partial charge in [-0.3, -0.25) is 4.99 Å². The number of hydrogen-bond donors (Lipinski definition) is 0. The quantitative estimate of drug-likeness (QED) is 0.422. The zero-order valence-corrected chi connectivity index (χ0v) is 16.5. The Bertz CT molecular complexity index is 1090. The van der Waals surface area contributed by atoms with Gasteiger partial charge in [-0.2, -0.15) is 8.42 Å². The highest BCUT2D eigenvalue weighted by atomic mass is 35.5. The maximum Gasteiger partial charge on any atom is 0.339 e. The Morgan fingerprint density at radius 1 is 0.926 bits per heavy atom. The molecule has 0 bridgehead atoms. The minimum absolute atomic E-state index is 0.0427. The lowest BCUT2D eigenvalue weighted by Crippen LogP contribution is -2.09. The highest BCUT2D eigenvalue weighted by molar-refractivity contribution is 7.87. The van der Waals surface area contributed by atoms with Gasteiger partial charge in [0.2, 0.25) is 0 Å². The molecule has 0 aliphatic carbocycles. The largest absolute Gasteiger partial charge is 0.379 e. The molecule has 0 aromatic heterocycles. The van der Waals surface area contributed by atoms with Gasteiger partial charge in [-0.25, -0.2) is 0 Å². The summed E-state index contributed by atoms with van der Waals surface area (Å²) in [5.41, 5.74) is 3.93. The maximum absolute atomic E-state index is 12.4. The topological polar surface area (TPSA) is 55.7 Å². The highest BCUT2D eigenvalue weighted by Crippen LogP contribution is 2.22. The van der Waals surface area contributed by atoms with Crippen LogP contribution in [0.2, 0.25) is 5.02 Å². The van der Waals surface area contributed by atoms with Crippen molar-refractivity contribution in [2.75, 3.05) is 0 Å². The molecular weight excluding hydrogens is 382 g/mol. The molecule has 27 heavy (non-hydrogen) atoms. The lowest BCUT2D eigenvalue weighted by atomic mass is 10.1. The average molecular weight is 400 g/mol. The van der Waals surface area contributed by atoms with Crippen molar-refractivity contribution in [1.29, 1.82) is 0 Å². The lowest BCUT2D eigenvalue weighted by Gasteiger charge is -2.07. The van der Waals surface area contributed by atoms with Gasteiger partial charge in [0.05, 0.1) is 5.69 Å². The van der Waals surface area contributed by atoms with E-state index in [2.05, 4.69) is 4.99 Å². The smallest absolute Gasteiger partial charge is 0.339 e. The summed E-state index contributed by atoms with van der Waals surface area (Å²) < 4.78 is 30.0. The molecule has 6 heteroatoms. The molecule has 3 rings (SSSR count). The molecule has 0 N–H and O–H groups in total. The van der Waals surface area contributed by atoms with Crippen molar-refractivity contribution in [1.82, 2.24) is 0 Å². The first kappa shape index (κ1) is 19.1. The number of aliphatic imine (C=N–C) groups is 1. The number of rotatable bonds is 5. The standard InChI is InChI=1S/C21H18ClNO3S/c1-15-6-9-19(12-16(15)2)23-14-17-4-3-5-20(13-17)26-27(24,25)21-10-7-18(22)8-11-21/h3-14H,1-2H3. The number of nitrogens with zero attached hydrogens (tertiary/aromatic N) is 1. The van der Waals surface area contributed by atoms with E-state index in [-0.39, 0.29) is 10.6 Å². The van der Waals surface area contributed by atoms with Gasteiger partial charge < -0.3 is 4.18 Å². The van der Waals surface area contributed by atoms with Crippen LogP contribution < -0.4 is 4.18 Å². The Hall–Kier alpha value is -2.63. The predicted molar refractivity (Wildman–Crippen MR) is 109 cm³/mol. The SMILES string of the molecule is Cc1ccc(N=Cc2cccc(OS(=O)(=O)c3ccc(Cl)cc3)c2)cc1C. The van der Waals surface area contributed by atoms with Crippen molar-refractivity contribution in [2.45, 2.75) is 18.7 Å². The van der Waals surface area contributed by atoms with Gasteiger partial charge in [0.15, 0.2) is 0 Å². The van der Waals surface area contributed by atoms with E-state index in [0.717, 1.165) is 16.8 Å². The van der Waals surface area contributed by atoms with Crippen LogP contribution in [0, 0.1) is 13.8 Å². The van der Waals surface area contributed by atoms with Crippen molar-refractivity contribution in [3.63, 3.8) is 0 Å². The van der Waals surface area contributed by atoms with Gasteiger partial charge >= 0.3 is 10.1 Å². The Morgan fingerprint density at radius 3 is 2.37 bits per heavy atom. The third-order valence-electron chi connectivity index (χ3n) is 4.02. The van der Waals surface area contributed by atoms with Gasteiger partial charge in [0.25, 0.3) is 0 Å². The van der Waals surface area contributed by atoms with Crippen LogP contribution in [0.5, 0.6) is 5.75 Å². The first-order valence-electron chi connectivity index (χ1n) is 8.25. The van der Waals surface area contributed by atoms with Crippen LogP contribution in [0.25, 0.3) is 0 Å². The molecule has 138 valence electrons. The number of hydrogen-bond acceptors (Lipinski definition) is 4. The van der Waals surface area contributed by atoms with Crippen LogP contribution in [0.1, 0.15) is 16.7 Å². The van der Waals surface area contributed by atoms with Crippen molar-refractivity contribution in [2.24, 2.45) is 4.99 Å². The van der Waals surface area contributed by atoms with Crippen molar-refractivity contribution < 1.29 is 12.6 Å². The van der Waals surface area contributed by atoms with Gasteiger partial charge in [0, 0.05) is 11.2 Å². The van der Waals surface area contributed by atoms with E-state index < -0.39 is 10.1 Å². The lowest BCUT2D eigenvalue weighted by molar-refractivity contribution is 0.486. The van der Waals surface area contributed by atoms with Gasteiger partial charge in [-0.15, -0.1) is 0 Å². The number of halogens is 1. The molecule has 0 unspecified atom stereocenters. The maximum atomic E-state index is 12.4. The summed E-state index contributed by atoms with van der Waals surface area (Å²) >= 11 is 5.80. The van der Waals surface area contributed by atoms with E-state index in [0.29, 0.717) is 5.02 Å². The second-order valence-corrected chi connectivity index (χ2v) is 8.07. The molecule has 3 aromatic rings. The third kappa shape index (κ3) is 4.96. The Balaban J connectivity index is 1.80. The molecule has 0 fully saturated rings. The molecule has 0 saturated heterocycles. The van der Waals surface area contributed by atoms with Crippen LogP contribution in [-0.2, 0) is 10.1 Å². The van der Waals surface area contributed by atoms with E-state index >= 15 is 0 Å². The predicted octanol–water partition coefficient (Wildman–Crippen LogP) is 5.48. The first-order chi connectivity index (χ1) is 12.8. The molecule has 4 nitrogen and oxygen atoms in total. The summed E-state index contributed by atoms with van der Waals surface area (Å²) in [5, 5.41) is 0.457. The summed E-state index contributed by atoms with van der Waals surface area (Å²) in [6, 6.07) is 18.5. The molecule has 0 atom stereocenters. The van der Waals surface area contributed by atoms with E-state index in [1.165, 1.54) is 29.8 Å². The van der Waals surface area contributed by atoms with Crippen LogP contribution in [0.4, 0.5) is 5.69 Å². The Morgan fingerprint density at radius 2 is 1.67 bits per heavy atom. The highest BCUT2D eigenvalue weighted by Gasteiger charge is 2.16. The molecular formula is C21H18ClNO3S. The average Bonchev–Trinajstić information content (AvgIpc) is 2.63. The molecule has 0 heterocycles. The fourth-order valence-corrected chi connectivity index (χ4v) is 3.43. The van der Waals surface area contributed by atoms with Gasteiger partial charge in [0.1, 0.15) is 10.6 Å². The minimum Gasteiger partial charge on any atom is -0.379 e. The molecule has 0 aliphatic heterocycles. The minimum atomic E-state index is -3.93. The molecule has 3 aromatic carbocycles. The van der Waals surface area contributed by atoms with E-state index in [9.17, 15) is 8.42 Å². The summed E-state index contributed by atoms with van der Waals surface area (Å²) in [7, 11) is -3.93. The number of benzene rings is 3. The van der Waals surface area contributed by atoms with Crippen molar-refractivity contribution in [3.05, 3.63) is 88.4 Å². The zero-order valence-electron chi connectivity index (χ0n) is 14.9. The summed E-state index contributed by atoms with van der Waals surface area (Å²) in [4.78, 5) is 4.48. The first-order valence-corrected chi connectivity index (χ1v) is 10.0. The fraction of sp³-hybridized carbons (Fsp3) is 0.0952.